The van der Waals surface area contributed by atoms with Crippen molar-refractivity contribution in [2.45, 2.75) is 44.6 Å². The molecule has 0 aromatic heterocycles. The quantitative estimate of drug-likeness (QED) is 0.469. The topological polar surface area (TPSA) is 26.3 Å². The Morgan fingerprint density at radius 3 is 2.75 bits per heavy atom. The fourth-order valence-electron chi connectivity index (χ4n) is 1.88. The predicted molar refractivity (Wildman–Crippen MR) is 48.1 cm³/mol. The highest BCUT2D eigenvalue weighted by Crippen LogP contribution is 2.30. The molecule has 0 N–H and O–H groups in total. The maximum Gasteiger partial charge on any atom is 0.151 e. The van der Waals surface area contributed by atoms with Gasteiger partial charge in [-0.3, -0.25) is 0 Å². The molecular formula is C10H18O2. The number of aldehydes is 1. The van der Waals surface area contributed by atoms with Gasteiger partial charge in [0.1, 0.15) is 5.60 Å². The second kappa shape index (κ2) is 4.04. The summed E-state index contributed by atoms with van der Waals surface area (Å²) >= 11 is 0. The highest BCUT2D eigenvalue weighted by Gasteiger charge is 2.31. The summed E-state index contributed by atoms with van der Waals surface area (Å²) in [4.78, 5) is 10.8. The molecule has 0 bridgehead atoms. The van der Waals surface area contributed by atoms with E-state index in [2.05, 4.69) is 6.92 Å². The van der Waals surface area contributed by atoms with Crippen LogP contribution in [0.2, 0.25) is 0 Å². The minimum atomic E-state index is -0.454. The molecule has 0 saturated heterocycles. The first-order valence-corrected chi connectivity index (χ1v) is 4.74. The molecule has 0 radical (unpaired) electrons. The van der Waals surface area contributed by atoms with Gasteiger partial charge < -0.3 is 9.53 Å². The normalized spacial score (nSPS) is 37.3. The molecule has 0 spiro atoms. The Morgan fingerprint density at radius 1 is 1.42 bits per heavy atom. The van der Waals surface area contributed by atoms with Crippen LogP contribution >= 0.6 is 0 Å². The molecule has 1 saturated carbocycles. The second-order valence-electron chi connectivity index (χ2n) is 3.92. The second-order valence-corrected chi connectivity index (χ2v) is 3.92. The van der Waals surface area contributed by atoms with Gasteiger partial charge in [-0.15, -0.1) is 0 Å². The molecule has 0 heterocycles. The molecule has 2 heteroatoms. The van der Waals surface area contributed by atoms with Gasteiger partial charge in [-0.2, -0.15) is 0 Å². The average Bonchev–Trinajstić information content (AvgIpc) is 2.28. The van der Waals surface area contributed by atoms with Crippen molar-refractivity contribution in [3.05, 3.63) is 0 Å². The van der Waals surface area contributed by atoms with Crippen molar-refractivity contribution in [2.24, 2.45) is 5.92 Å². The van der Waals surface area contributed by atoms with Crippen molar-refractivity contribution in [1.82, 2.24) is 0 Å². The van der Waals surface area contributed by atoms with E-state index in [1.165, 1.54) is 6.42 Å². The highest BCUT2D eigenvalue weighted by atomic mass is 16.5. The maximum atomic E-state index is 10.8. The fraction of sp³-hybridized carbons (Fsp3) is 0.900. The Bertz CT molecular complexity index is 156. The van der Waals surface area contributed by atoms with Crippen molar-refractivity contribution < 1.29 is 9.53 Å². The highest BCUT2D eigenvalue weighted by molar-refractivity contribution is 5.62. The standard InChI is InChI=1S/C10H18O2/c1-9-4-3-6-10(8-11,12-2)7-5-9/h8-9H,3-7H2,1-2H3. The van der Waals surface area contributed by atoms with Crippen LogP contribution in [0.1, 0.15) is 39.0 Å². The number of ether oxygens (including phenoxy) is 1. The van der Waals surface area contributed by atoms with Crippen LogP contribution in [0.3, 0.4) is 0 Å². The molecule has 0 aliphatic heterocycles. The summed E-state index contributed by atoms with van der Waals surface area (Å²) in [6.45, 7) is 2.25. The Hall–Kier alpha value is -0.370. The van der Waals surface area contributed by atoms with Crippen LogP contribution in [0.15, 0.2) is 0 Å². The zero-order valence-electron chi connectivity index (χ0n) is 8.01. The monoisotopic (exact) mass is 170 g/mol. The lowest BCUT2D eigenvalue weighted by molar-refractivity contribution is -0.129. The van der Waals surface area contributed by atoms with Crippen LogP contribution < -0.4 is 0 Å². The third-order valence-electron chi connectivity index (χ3n) is 2.98. The molecule has 12 heavy (non-hydrogen) atoms. The molecule has 1 aliphatic rings. The summed E-state index contributed by atoms with van der Waals surface area (Å²) in [5.74, 6) is 0.752. The molecule has 1 aliphatic carbocycles. The molecule has 70 valence electrons. The molecule has 0 amide bonds. The van der Waals surface area contributed by atoms with E-state index in [0.717, 1.165) is 37.9 Å². The lowest BCUT2D eigenvalue weighted by atomic mass is 9.95. The van der Waals surface area contributed by atoms with Crippen LogP contribution in [-0.4, -0.2) is 19.0 Å². The van der Waals surface area contributed by atoms with Gasteiger partial charge in [0.2, 0.25) is 0 Å². The molecular weight excluding hydrogens is 152 g/mol. The number of methoxy groups -OCH3 is 1. The van der Waals surface area contributed by atoms with Crippen molar-refractivity contribution in [1.29, 1.82) is 0 Å². The van der Waals surface area contributed by atoms with Crippen LogP contribution in [-0.2, 0) is 9.53 Å². The Balaban J connectivity index is 2.58. The molecule has 1 rings (SSSR count). The van der Waals surface area contributed by atoms with Gasteiger partial charge in [-0.25, -0.2) is 0 Å². The van der Waals surface area contributed by atoms with Crippen molar-refractivity contribution >= 4 is 6.29 Å². The number of hydrogen-bond acceptors (Lipinski definition) is 2. The first-order valence-electron chi connectivity index (χ1n) is 4.74. The number of carbonyl (C=O) groups excluding carboxylic acids is 1. The Labute approximate surface area is 74.3 Å². The van der Waals surface area contributed by atoms with Crippen molar-refractivity contribution in [3.63, 3.8) is 0 Å². The minimum absolute atomic E-state index is 0.454. The Morgan fingerprint density at radius 2 is 2.17 bits per heavy atom. The van der Waals surface area contributed by atoms with Crippen LogP contribution in [0.5, 0.6) is 0 Å². The molecule has 2 nitrogen and oxygen atoms in total. The van der Waals surface area contributed by atoms with Gasteiger partial charge in [-0.1, -0.05) is 13.3 Å². The summed E-state index contributed by atoms with van der Waals surface area (Å²) in [6.07, 6.45) is 6.26. The van der Waals surface area contributed by atoms with Crippen molar-refractivity contribution in [2.75, 3.05) is 7.11 Å². The maximum absolute atomic E-state index is 10.8. The smallest absolute Gasteiger partial charge is 0.151 e. The minimum Gasteiger partial charge on any atom is -0.371 e. The zero-order chi connectivity index (χ0) is 9.03. The largest absolute Gasteiger partial charge is 0.371 e. The summed E-state index contributed by atoms with van der Waals surface area (Å²) in [7, 11) is 1.64. The van der Waals surface area contributed by atoms with Gasteiger partial charge in [-0.05, 0) is 31.6 Å². The first-order chi connectivity index (χ1) is 5.72. The molecule has 1 fully saturated rings. The van der Waals surface area contributed by atoms with Gasteiger partial charge >= 0.3 is 0 Å². The van der Waals surface area contributed by atoms with Crippen LogP contribution in [0.4, 0.5) is 0 Å². The van der Waals surface area contributed by atoms with E-state index in [1.807, 2.05) is 0 Å². The fourth-order valence-corrected chi connectivity index (χ4v) is 1.88. The van der Waals surface area contributed by atoms with E-state index in [1.54, 1.807) is 7.11 Å². The molecule has 0 aromatic carbocycles. The SMILES string of the molecule is COC1(C=O)CCCC(C)CC1. The molecule has 2 unspecified atom stereocenters. The van der Waals surface area contributed by atoms with E-state index >= 15 is 0 Å². The van der Waals surface area contributed by atoms with Gasteiger partial charge in [0.05, 0.1) is 0 Å². The van der Waals surface area contributed by atoms with E-state index < -0.39 is 5.60 Å². The van der Waals surface area contributed by atoms with E-state index in [9.17, 15) is 4.79 Å². The van der Waals surface area contributed by atoms with E-state index in [-0.39, 0.29) is 0 Å². The van der Waals surface area contributed by atoms with Gasteiger partial charge in [0.15, 0.2) is 6.29 Å². The number of rotatable bonds is 2. The summed E-state index contributed by atoms with van der Waals surface area (Å²) in [5, 5.41) is 0. The summed E-state index contributed by atoms with van der Waals surface area (Å²) < 4.78 is 5.29. The third-order valence-corrected chi connectivity index (χ3v) is 2.98. The van der Waals surface area contributed by atoms with Crippen molar-refractivity contribution in [3.8, 4) is 0 Å². The van der Waals surface area contributed by atoms with E-state index in [0.29, 0.717) is 0 Å². The summed E-state index contributed by atoms with van der Waals surface area (Å²) in [6, 6.07) is 0. The third kappa shape index (κ3) is 2.07. The zero-order valence-corrected chi connectivity index (χ0v) is 8.01. The molecule has 2 atom stereocenters. The summed E-state index contributed by atoms with van der Waals surface area (Å²) in [5.41, 5.74) is -0.454. The van der Waals surface area contributed by atoms with E-state index in [4.69, 9.17) is 4.74 Å². The lowest BCUT2D eigenvalue weighted by Gasteiger charge is -2.24. The van der Waals surface area contributed by atoms with Crippen LogP contribution in [0.25, 0.3) is 0 Å². The molecule has 0 aromatic rings. The lowest BCUT2D eigenvalue weighted by Crippen LogP contribution is -2.32. The average molecular weight is 170 g/mol. The Kier molecular flexibility index (Phi) is 3.27. The first kappa shape index (κ1) is 9.72. The number of hydrogen-bond donors (Lipinski definition) is 0. The van der Waals surface area contributed by atoms with Gasteiger partial charge in [0, 0.05) is 7.11 Å². The van der Waals surface area contributed by atoms with Gasteiger partial charge in [0.25, 0.3) is 0 Å². The number of carbonyl (C=O) groups is 1. The van der Waals surface area contributed by atoms with Crippen LogP contribution in [0, 0.1) is 5.92 Å². The predicted octanol–water partition coefficient (Wildman–Crippen LogP) is 2.17.